The summed E-state index contributed by atoms with van der Waals surface area (Å²) >= 11 is 0. The molecule has 0 aliphatic rings. The van der Waals surface area contributed by atoms with E-state index in [9.17, 15) is 0 Å². The minimum absolute atomic E-state index is 0.0298. The maximum Gasteiger partial charge on any atom is 0.0600 e. The predicted octanol–water partition coefficient (Wildman–Crippen LogP) is 2.44. The van der Waals surface area contributed by atoms with E-state index in [0.717, 1.165) is 29.3 Å². The van der Waals surface area contributed by atoms with Gasteiger partial charge in [0.25, 0.3) is 0 Å². The van der Waals surface area contributed by atoms with Gasteiger partial charge in [-0.05, 0) is 38.1 Å². The average Bonchev–Trinajstić information content (AvgIpc) is 2.39. The molecule has 4 heteroatoms. The highest BCUT2D eigenvalue weighted by Crippen LogP contribution is 2.16. The van der Waals surface area contributed by atoms with Gasteiger partial charge in [-0.1, -0.05) is 6.07 Å². The Kier molecular flexibility index (Phi) is 4.12. The maximum absolute atomic E-state index is 5.79. The monoisotopic (exact) mass is 256 g/mol. The van der Waals surface area contributed by atoms with Gasteiger partial charge in [-0.25, -0.2) is 0 Å². The van der Waals surface area contributed by atoms with E-state index in [1.54, 1.807) is 0 Å². The first-order valence-electron chi connectivity index (χ1n) is 6.41. The Morgan fingerprint density at radius 2 is 2.05 bits per heavy atom. The lowest BCUT2D eigenvalue weighted by Crippen LogP contribution is -2.18. The third-order valence-electron chi connectivity index (χ3n) is 3.02. The van der Waals surface area contributed by atoms with E-state index in [0.29, 0.717) is 0 Å². The van der Waals surface area contributed by atoms with E-state index >= 15 is 0 Å². The number of pyridine rings is 2. The first kappa shape index (κ1) is 13.5. The molecule has 4 nitrogen and oxygen atoms in total. The minimum Gasteiger partial charge on any atom is -0.367 e. The van der Waals surface area contributed by atoms with Crippen molar-refractivity contribution >= 4 is 5.69 Å². The summed E-state index contributed by atoms with van der Waals surface area (Å²) < 4.78 is 0. The summed E-state index contributed by atoms with van der Waals surface area (Å²) in [6.07, 6.45) is 1.86. The highest BCUT2D eigenvalue weighted by molar-refractivity contribution is 5.44. The summed E-state index contributed by atoms with van der Waals surface area (Å²) in [7, 11) is 2.03. The zero-order valence-corrected chi connectivity index (χ0v) is 11.7. The predicted molar refractivity (Wildman–Crippen MR) is 77.9 cm³/mol. The molecule has 2 aromatic heterocycles. The number of hydrogen-bond donors (Lipinski definition) is 1. The van der Waals surface area contributed by atoms with Gasteiger partial charge in [-0.15, -0.1) is 0 Å². The molecule has 1 atom stereocenters. The molecule has 0 spiro atoms. The molecule has 0 amide bonds. The number of hydrogen-bond acceptors (Lipinski definition) is 4. The first-order chi connectivity index (χ1) is 9.06. The Hall–Kier alpha value is -1.94. The average molecular weight is 256 g/mol. The molecule has 19 heavy (non-hydrogen) atoms. The summed E-state index contributed by atoms with van der Waals surface area (Å²) in [5.41, 5.74) is 9.86. The summed E-state index contributed by atoms with van der Waals surface area (Å²) in [5.74, 6) is 0. The van der Waals surface area contributed by atoms with Gasteiger partial charge in [0, 0.05) is 18.8 Å². The van der Waals surface area contributed by atoms with Crippen molar-refractivity contribution in [3.05, 3.63) is 53.6 Å². The fourth-order valence-electron chi connectivity index (χ4n) is 1.91. The fraction of sp³-hybridized carbons (Fsp3) is 0.333. The molecule has 0 aliphatic carbocycles. The van der Waals surface area contributed by atoms with Gasteiger partial charge >= 0.3 is 0 Å². The minimum atomic E-state index is -0.0298. The Bertz CT molecular complexity index is 534. The first-order valence-corrected chi connectivity index (χ1v) is 6.41. The highest BCUT2D eigenvalue weighted by Gasteiger charge is 2.05. The van der Waals surface area contributed by atoms with Crippen molar-refractivity contribution in [2.45, 2.75) is 26.4 Å². The van der Waals surface area contributed by atoms with Crippen LogP contribution >= 0.6 is 0 Å². The molecule has 2 heterocycles. The second-order valence-electron chi connectivity index (χ2n) is 4.86. The maximum atomic E-state index is 5.79. The molecule has 2 N–H and O–H groups in total. The Balaban J connectivity index is 2.09. The van der Waals surface area contributed by atoms with Crippen LogP contribution in [0.5, 0.6) is 0 Å². The topological polar surface area (TPSA) is 55.0 Å². The summed E-state index contributed by atoms with van der Waals surface area (Å²) in [5, 5.41) is 0. The number of nitrogens with zero attached hydrogens (tertiary/aromatic N) is 3. The molecule has 0 saturated carbocycles. The second-order valence-corrected chi connectivity index (χ2v) is 4.86. The molecule has 0 radical (unpaired) electrons. The lowest BCUT2D eigenvalue weighted by molar-refractivity contribution is 0.778. The third kappa shape index (κ3) is 3.51. The molecule has 2 aromatic rings. The molecule has 0 bridgehead atoms. The van der Waals surface area contributed by atoms with Crippen molar-refractivity contribution in [2.24, 2.45) is 5.73 Å². The van der Waals surface area contributed by atoms with Crippen LogP contribution in [0.3, 0.4) is 0 Å². The van der Waals surface area contributed by atoms with E-state index in [2.05, 4.69) is 14.9 Å². The Labute approximate surface area is 114 Å². The van der Waals surface area contributed by atoms with Crippen LogP contribution in [0.4, 0.5) is 5.69 Å². The lowest BCUT2D eigenvalue weighted by Gasteiger charge is -2.19. The number of aromatic nitrogens is 2. The van der Waals surface area contributed by atoms with Crippen LogP contribution in [0.25, 0.3) is 0 Å². The van der Waals surface area contributed by atoms with E-state index in [4.69, 9.17) is 5.73 Å². The van der Waals surface area contributed by atoms with Crippen molar-refractivity contribution < 1.29 is 0 Å². The molecule has 0 unspecified atom stereocenters. The van der Waals surface area contributed by atoms with E-state index in [1.807, 2.05) is 57.4 Å². The number of rotatable bonds is 4. The largest absolute Gasteiger partial charge is 0.367 e. The zero-order valence-electron chi connectivity index (χ0n) is 11.7. The third-order valence-corrected chi connectivity index (χ3v) is 3.02. The van der Waals surface area contributed by atoms with Crippen molar-refractivity contribution in [3.63, 3.8) is 0 Å². The normalized spacial score (nSPS) is 12.2. The smallest absolute Gasteiger partial charge is 0.0600 e. The molecule has 100 valence electrons. The van der Waals surface area contributed by atoms with Gasteiger partial charge in [0.1, 0.15) is 0 Å². The molecule has 0 aromatic carbocycles. The number of nitrogens with two attached hydrogens (primary N) is 1. The van der Waals surface area contributed by atoms with Crippen LogP contribution in [0, 0.1) is 6.92 Å². The van der Waals surface area contributed by atoms with Crippen molar-refractivity contribution in [1.82, 2.24) is 9.97 Å². The van der Waals surface area contributed by atoms with Crippen molar-refractivity contribution in [3.8, 4) is 0 Å². The zero-order chi connectivity index (χ0) is 13.8. The molecular weight excluding hydrogens is 236 g/mol. The lowest BCUT2D eigenvalue weighted by atomic mass is 10.2. The van der Waals surface area contributed by atoms with Crippen molar-refractivity contribution in [1.29, 1.82) is 0 Å². The van der Waals surface area contributed by atoms with Crippen LogP contribution in [0.2, 0.25) is 0 Å². The Morgan fingerprint density at radius 1 is 1.26 bits per heavy atom. The quantitative estimate of drug-likeness (QED) is 0.913. The molecular formula is C15H20N4. The second kappa shape index (κ2) is 5.80. The van der Waals surface area contributed by atoms with Gasteiger partial charge in [-0.2, -0.15) is 0 Å². The molecule has 0 fully saturated rings. The summed E-state index contributed by atoms with van der Waals surface area (Å²) in [6, 6.07) is 10.1. The molecule has 0 saturated heterocycles. The highest BCUT2D eigenvalue weighted by atomic mass is 15.1. The van der Waals surface area contributed by atoms with Crippen LogP contribution in [0.15, 0.2) is 36.5 Å². The number of aryl methyl sites for hydroxylation is 1. The molecule has 2 rings (SSSR count). The number of anilines is 1. The van der Waals surface area contributed by atoms with Gasteiger partial charge in [0.15, 0.2) is 0 Å². The van der Waals surface area contributed by atoms with Crippen LogP contribution in [0.1, 0.15) is 30.0 Å². The van der Waals surface area contributed by atoms with Gasteiger partial charge in [0.2, 0.25) is 0 Å². The summed E-state index contributed by atoms with van der Waals surface area (Å²) in [6.45, 7) is 4.70. The SMILES string of the molecule is Cc1cccc(CN(C)c2ccc([C@H](C)N)nc2)n1. The van der Waals surface area contributed by atoms with Crippen LogP contribution < -0.4 is 10.6 Å². The van der Waals surface area contributed by atoms with E-state index in [1.165, 1.54) is 0 Å². The summed E-state index contributed by atoms with van der Waals surface area (Å²) in [4.78, 5) is 11.0. The van der Waals surface area contributed by atoms with Crippen LogP contribution in [-0.2, 0) is 6.54 Å². The van der Waals surface area contributed by atoms with E-state index < -0.39 is 0 Å². The van der Waals surface area contributed by atoms with E-state index in [-0.39, 0.29) is 6.04 Å². The van der Waals surface area contributed by atoms with Crippen molar-refractivity contribution in [2.75, 3.05) is 11.9 Å². The fourth-order valence-corrected chi connectivity index (χ4v) is 1.91. The van der Waals surface area contributed by atoms with Crippen LogP contribution in [-0.4, -0.2) is 17.0 Å². The van der Waals surface area contributed by atoms with Gasteiger partial charge in [0.05, 0.1) is 29.8 Å². The standard InChI is InChI=1S/C15H20N4/c1-11-5-4-6-13(18-11)10-19(3)14-7-8-15(12(2)16)17-9-14/h4-9,12H,10,16H2,1-3H3/t12-/m0/s1. The van der Waals surface area contributed by atoms with Gasteiger partial charge in [-0.3, -0.25) is 9.97 Å². The van der Waals surface area contributed by atoms with Gasteiger partial charge < -0.3 is 10.6 Å². The Morgan fingerprint density at radius 3 is 2.63 bits per heavy atom. The molecule has 0 aliphatic heterocycles.